The number of hydrogen-bond donors (Lipinski definition) is 0. The first kappa shape index (κ1) is 29.1. The van der Waals surface area contributed by atoms with Crippen LogP contribution in [0.3, 0.4) is 0 Å². The summed E-state index contributed by atoms with van der Waals surface area (Å²) in [6.45, 7) is -2.20. The van der Waals surface area contributed by atoms with Crippen LogP contribution in [0.4, 0.5) is 0 Å². The molecule has 1 aliphatic heterocycles. The fourth-order valence-electron chi connectivity index (χ4n) is 4.69. The van der Waals surface area contributed by atoms with Crippen molar-refractivity contribution in [1.82, 2.24) is 15.0 Å². The van der Waals surface area contributed by atoms with Crippen LogP contribution in [0.2, 0.25) is 0 Å². The maximum Gasteiger partial charge on any atom is 3.00 e. The predicted octanol–water partition coefficient (Wildman–Crippen LogP) is 9.84. The van der Waals surface area contributed by atoms with Gasteiger partial charge in [0.1, 0.15) is 5.58 Å². The van der Waals surface area contributed by atoms with Crippen molar-refractivity contribution in [2.24, 2.45) is 4.99 Å². The molecular formula is C41H31IrN4O. The topological polar surface area (TPSA) is 64.2 Å². The number of rotatable bonds is 3. The summed E-state index contributed by atoms with van der Waals surface area (Å²) in [5.74, 6) is 0.417. The first-order valence-electron chi connectivity index (χ1n) is 16.3. The number of benzene rings is 3. The first-order valence-corrected chi connectivity index (χ1v) is 14.8. The molecule has 3 aromatic carbocycles. The Hall–Kier alpha value is -5.29. The minimum Gasteiger partial charge on any atom is -0.476 e. The van der Waals surface area contributed by atoms with E-state index in [2.05, 4.69) is 56.4 Å². The standard InChI is InChI=1S/C17H11N2O.C13H12N.C11H8N.Ir/c1-11-9-18-17(19-10-11)12-6-7-14-13-4-2-3-5-15(13)20-16(14)8-12;1-2-5-9-12(8-4-1)13-10-6-3-7-11-14-13;1-2-6-10(7-3-1)11-8-4-5-9-12-11;/h2-5,7-10H,1H3;1-2,4,6-8,10-11H,3,5H2;1-6,8-9H;/q3*-1;+3/i1D3;;;. The molecule has 0 spiro atoms. The zero-order valence-corrected chi connectivity index (χ0v) is 27.7. The number of para-hydroxylation sites is 1. The summed E-state index contributed by atoms with van der Waals surface area (Å²) in [6, 6.07) is 31.4. The summed E-state index contributed by atoms with van der Waals surface area (Å²) in [4.78, 5) is 16.8. The Balaban J connectivity index is 0.000000155. The van der Waals surface area contributed by atoms with E-state index in [-0.39, 0.29) is 25.7 Å². The molecule has 0 radical (unpaired) electrons. The zero-order valence-electron chi connectivity index (χ0n) is 28.3. The number of furan rings is 1. The molecule has 0 saturated carbocycles. The third-order valence-corrected chi connectivity index (χ3v) is 6.92. The van der Waals surface area contributed by atoms with E-state index in [0.717, 1.165) is 57.3 Å². The maximum absolute atomic E-state index is 7.35. The first-order chi connectivity index (χ1) is 24.0. The Labute approximate surface area is 293 Å². The summed E-state index contributed by atoms with van der Waals surface area (Å²) in [5, 5.41) is 2.01. The Morgan fingerprint density at radius 2 is 1.66 bits per heavy atom. The molecule has 0 unspecified atom stereocenters. The van der Waals surface area contributed by atoms with Crippen molar-refractivity contribution in [2.45, 2.75) is 19.7 Å². The van der Waals surface area contributed by atoms with E-state index in [0.29, 0.717) is 11.4 Å². The van der Waals surface area contributed by atoms with Crippen molar-refractivity contribution in [3.05, 3.63) is 176 Å². The second-order valence-corrected chi connectivity index (χ2v) is 10.1. The summed E-state index contributed by atoms with van der Waals surface area (Å²) in [6.07, 6.45) is 25.8. The molecule has 6 heteroatoms. The van der Waals surface area contributed by atoms with E-state index in [9.17, 15) is 0 Å². The van der Waals surface area contributed by atoms with Gasteiger partial charge in [0.05, 0.1) is 11.4 Å². The van der Waals surface area contributed by atoms with Gasteiger partial charge < -0.3 is 14.4 Å². The summed E-state index contributed by atoms with van der Waals surface area (Å²) >= 11 is 0. The average Bonchev–Trinajstić information content (AvgIpc) is 3.34. The van der Waals surface area contributed by atoms with Crippen LogP contribution in [0.15, 0.2) is 161 Å². The van der Waals surface area contributed by atoms with Crippen LogP contribution in [0.25, 0.3) is 44.6 Å². The van der Waals surface area contributed by atoms with Crippen LogP contribution in [-0.2, 0) is 20.1 Å². The molecule has 0 atom stereocenters. The van der Waals surface area contributed by atoms with Gasteiger partial charge in [-0.3, -0.25) is 9.97 Å². The molecular weight excluding hydrogens is 757 g/mol. The number of aromatic nitrogens is 3. The Morgan fingerprint density at radius 3 is 2.49 bits per heavy atom. The van der Waals surface area contributed by atoms with Gasteiger partial charge in [0, 0.05) is 28.9 Å². The molecule has 1 aliphatic carbocycles. The molecule has 0 saturated heterocycles. The molecule has 5 nitrogen and oxygen atoms in total. The van der Waals surface area contributed by atoms with Crippen LogP contribution >= 0.6 is 0 Å². The quantitative estimate of drug-likeness (QED) is 0.168. The summed E-state index contributed by atoms with van der Waals surface area (Å²) in [5.41, 5.74) is 6.41. The zero-order chi connectivity index (χ0) is 33.9. The minimum absolute atomic E-state index is 0. The van der Waals surface area contributed by atoms with Crippen LogP contribution in [0, 0.1) is 25.1 Å². The molecule has 8 rings (SSSR count). The number of fused-ring (bicyclic) bond motifs is 3. The minimum atomic E-state index is -2.20. The van der Waals surface area contributed by atoms with Crippen LogP contribution in [0.1, 0.15) is 22.5 Å². The number of hydrogen-bond acceptors (Lipinski definition) is 5. The van der Waals surface area contributed by atoms with Crippen LogP contribution < -0.4 is 0 Å². The van der Waals surface area contributed by atoms with E-state index >= 15 is 0 Å². The Morgan fingerprint density at radius 1 is 0.787 bits per heavy atom. The number of aryl methyl sites for hydroxylation is 1. The molecule has 0 N–H and O–H groups in total. The molecule has 3 aromatic heterocycles. The number of allylic oxidation sites excluding steroid dienone is 9. The van der Waals surface area contributed by atoms with Gasteiger partial charge in [-0.25, -0.2) is 0 Å². The number of aliphatic imine (C=N–C) groups is 1. The second kappa shape index (κ2) is 16.9. The van der Waals surface area contributed by atoms with E-state index in [4.69, 9.17) is 8.53 Å². The Bertz CT molecular complexity index is 2160. The average molecular weight is 791 g/mol. The van der Waals surface area contributed by atoms with Crippen LogP contribution in [-0.4, -0.2) is 20.7 Å². The second-order valence-electron chi connectivity index (χ2n) is 10.1. The SMILES string of the molecule is [2H]C([2H])([2H])c1cnc(-c2[c-]cc3c(c2)oc2ccccc23)nc1.[C-]1=C(C2=NC=CCC=C2)C=CC=CC1.[Ir+3].[c-]1ccccc1-c1ccccn1. The van der Waals surface area contributed by atoms with Crippen molar-refractivity contribution in [1.29, 1.82) is 0 Å². The van der Waals surface area contributed by atoms with Gasteiger partial charge in [-0.15, -0.1) is 59.7 Å². The fraction of sp³-hybridized carbons (Fsp3) is 0.0732. The van der Waals surface area contributed by atoms with Crippen molar-refractivity contribution >= 4 is 27.7 Å². The van der Waals surface area contributed by atoms with Crippen molar-refractivity contribution < 1.29 is 28.6 Å². The van der Waals surface area contributed by atoms with Crippen molar-refractivity contribution in [3.8, 4) is 22.6 Å². The van der Waals surface area contributed by atoms with Gasteiger partial charge in [-0.2, -0.15) is 17.7 Å². The van der Waals surface area contributed by atoms with Gasteiger partial charge in [-0.1, -0.05) is 78.6 Å². The maximum atomic E-state index is 7.35. The Kier molecular flexibility index (Phi) is 10.4. The molecule has 0 bridgehead atoms. The summed E-state index contributed by atoms with van der Waals surface area (Å²) < 4.78 is 27.9. The molecule has 47 heavy (non-hydrogen) atoms. The van der Waals surface area contributed by atoms with Gasteiger partial charge in [0.25, 0.3) is 0 Å². The van der Waals surface area contributed by atoms with Gasteiger partial charge >= 0.3 is 20.1 Å². The number of nitrogens with zero attached hydrogens (tertiary/aromatic N) is 4. The normalized spacial score (nSPS) is 14.4. The van der Waals surface area contributed by atoms with E-state index in [1.54, 1.807) is 6.20 Å². The molecule has 0 amide bonds. The largest absolute Gasteiger partial charge is 3.00 e. The van der Waals surface area contributed by atoms with E-state index in [1.807, 2.05) is 109 Å². The smallest absolute Gasteiger partial charge is 0.476 e. The third-order valence-electron chi connectivity index (χ3n) is 6.92. The monoisotopic (exact) mass is 791 g/mol. The predicted molar refractivity (Wildman–Crippen MR) is 187 cm³/mol. The molecule has 0 fully saturated rings. The molecule has 230 valence electrons. The van der Waals surface area contributed by atoms with Gasteiger partial charge in [0.2, 0.25) is 0 Å². The van der Waals surface area contributed by atoms with Crippen LogP contribution in [0.5, 0.6) is 0 Å². The molecule has 6 aromatic rings. The van der Waals surface area contributed by atoms with Crippen molar-refractivity contribution in [3.63, 3.8) is 0 Å². The van der Waals surface area contributed by atoms with E-state index in [1.165, 1.54) is 12.4 Å². The summed E-state index contributed by atoms with van der Waals surface area (Å²) in [7, 11) is 0. The molecule has 2 aliphatic rings. The third kappa shape index (κ3) is 8.92. The van der Waals surface area contributed by atoms with Gasteiger partial charge in [-0.05, 0) is 47.8 Å². The van der Waals surface area contributed by atoms with E-state index < -0.39 is 6.85 Å². The van der Waals surface area contributed by atoms with Crippen molar-refractivity contribution in [2.75, 3.05) is 0 Å². The molecule has 4 heterocycles. The number of pyridine rings is 1. The fourth-order valence-corrected chi connectivity index (χ4v) is 4.69. The van der Waals surface area contributed by atoms with Gasteiger partial charge in [0.15, 0.2) is 0 Å².